The second-order valence-corrected chi connectivity index (χ2v) is 3.74. The van der Waals surface area contributed by atoms with Crippen LogP contribution in [0.2, 0.25) is 0 Å². The summed E-state index contributed by atoms with van der Waals surface area (Å²) >= 11 is 0. The van der Waals surface area contributed by atoms with E-state index in [1.54, 1.807) is 12.1 Å². The molecule has 0 unspecified atom stereocenters. The van der Waals surface area contributed by atoms with Gasteiger partial charge in [-0.05, 0) is 41.3 Å². The molecule has 0 saturated carbocycles. The van der Waals surface area contributed by atoms with E-state index in [2.05, 4.69) is 0 Å². The standard InChI is InChI=1S/C14H13NO/c15-10-13-5-1-3-11(8-13)7-12-4-2-6-14(16)9-12/h1-6,8-10,15-16H,7H2. The van der Waals surface area contributed by atoms with Crippen LogP contribution in [0.15, 0.2) is 48.5 Å². The molecule has 0 aliphatic carbocycles. The number of rotatable bonds is 3. The van der Waals surface area contributed by atoms with Crippen molar-refractivity contribution >= 4 is 6.21 Å². The molecule has 0 saturated heterocycles. The molecule has 0 bridgehead atoms. The van der Waals surface area contributed by atoms with Crippen molar-refractivity contribution < 1.29 is 5.11 Å². The first-order chi connectivity index (χ1) is 7.78. The molecular weight excluding hydrogens is 198 g/mol. The highest BCUT2D eigenvalue weighted by Gasteiger charge is 1.98. The number of phenolic OH excluding ortho intramolecular Hbond substituents is 1. The predicted octanol–water partition coefficient (Wildman–Crippen LogP) is 2.98. The summed E-state index contributed by atoms with van der Waals surface area (Å²) in [5.41, 5.74) is 3.12. The van der Waals surface area contributed by atoms with E-state index < -0.39 is 0 Å². The number of phenols is 1. The lowest BCUT2D eigenvalue weighted by Gasteiger charge is -2.03. The first-order valence-electron chi connectivity index (χ1n) is 5.15. The fourth-order valence-corrected chi connectivity index (χ4v) is 1.69. The Labute approximate surface area is 94.7 Å². The minimum Gasteiger partial charge on any atom is -0.508 e. The minimum absolute atomic E-state index is 0.292. The summed E-state index contributed by atoms with van der Waals surface area (Å²) in [7, 11) is 0. The van der Waals surface area contributed by atoms with Crippen molar-refractivity contribution in [3.05, 3.63) is 65.2 Å². The highest BCUT2D eigenvalue weighted by Crippen LogP contribution is 2.15. The maximum atomic E-state index is 9.36. The molecule has 2 N–H and O–H groups in total. The Morgan fingerprint density at radius 1 is 1.00 bits per heavy atom. The first kappa shape index (κ1) is 10.4. The van der Waals surface area contributed by atoms with Crippen LogP contribution in [0.3, 0.4) is 0 Å². The van der Waals surface area contributed by atoms with Gasteiger partial charge in [-0.2, -0.15) is 0 Å². The molecule has 0 radical (unpaired) electrons. The summed E-state index contributed by atoms with van der Waals surface area (Å²) in [6.07, 6.45) is 2.11. The highest BCUT2D eigenvalue weighted by molar-refractivity contribution is 5.77. The molecule has 16 heavy (non-hydrogen) atoms. The lowest BCUT2D eigenvalue weighted by atomic mass is 10.0. The molecule has 0 fully saturated rings. The maximum absolute atomic E-state index is 9.36. The number of hydrogen-bond acceptors (Lipinski definition) is 2. The average molecular weight is 211 g/mol. The second kappa shape index (κ2) is 4.62. The Kier molecular flexibility index (Phi) is 3.01. The van der Waals surface area contributed by atoms with E-state index in [1.807, 2.05) is 36.4 Å². The smallest absolute Gasteiger partial charge is 0.115 e. The zero-order valence-electron chi connectivity index (χ0n) is 8.85. The van der Waals surface area contributed by atoms with Crippen LogP contribution in [0.5, 0.6) is 5.75 Å². The summed E-state index contributed by atoms with van der Waals surface area (Å²) in [5, 5.41) is 16.5. The molecule has 0 aliphatic rings. The third-order valence-electron chi connectivity index (χ3n) is 2.44. The van der Waals surface area contributed by atoms with Gasteiger partial charge in [-0.15, -0.1) is 0 Å². The zero-order chi connectivity index (χ0) is 11.4. The van der Waals surface area contributed by atoms with E-state index >= 15 is 0 Å². The molecule has 2 rings (SSSR count). The van der Waals surface area contributed by atoms with Crippen LogP contribution in [0.25, 0.3) is 0 Å². The van der Waals surface area contributed by atoms with E-state index in [9.17, 15) is 5.11 Å². The Morgan fingerprint density at radius 3 is 2.38 bits per heavy atom. The van der Waals surface area contributed by atoms with E-state index in [0.29, 0.717) is 5.75 Å². The number of nitrogens with one attached hydrogen (secondary N) is 1. The van der Waals surface area contributed by atoms with E-state index in [-0.39, 0.29) is 0 Å². The fraction of sp³-hybridized carbons (Fsp3) is 0.0714. The third kappa shape index (κ3) is 2.48. The average Bonchev–Trinajstić information content (AvgIpc) is 2.29. The van der Waals surface area contributed by atoms with E-state index in [4.69, 9.17) is 5.41 Å². The van der Waals surface area contributed by atoms with Crippen LogP contribution in [-0.2, 0) is 6.42 Å². The summed E-state index contributed by atoms with van der Waals surface area (Å²) in [6, 6.07) is 15.1. The minimum atomic E-state index is 0.292. The molecule has 0 heterocycles. The number of hydrogen-bond donors (Lipinski definition) is 2. The van der Waals surface area contributed by atoms with Gasteiger partial charge in [0.05, 0.1) is 0 Å². The van der Waals surface area contributed by atoms with Gasteiger partial charge in [0.25, 0.3) is 0 Å². The summed E-state index contributed by atoms with van der Waals surface area (Å²) in [5.74, 6) is 0.292. The molecule has 0 atom stereocenters. The topological polar surface area (TPSA) is 44.1 Å². The van der Waals surface area contributed by atoms with Crippen molar-refractivity contribution in [1.82, 2.24) is 0 Å². The highest BCUT2D eigenvalue weighted by atomic mass is 16.3. The molecular formula is C14H13NO. The van der Waals surface area contributed by atoms with Gasteiger partial charge in [0.2, 0.25) is 0 Å². The Morgan fingerprint density at radius 2 is 1.69 bits per heavy atom. The fourth-order valence-electron chi connectivity index (χ4n) is 1.69. The van der Waals surface area contributed by atoms with Gasteiger partial charge < -0.3 is 10.5 Å². The van der Waals surface area contributed by atoms with Gasteiger partial charge in [-0.1, -0.05) is 30.3 Å². The Balaban J connectivity index is 2.23. The van der Waals surface area contributed by atoms with Crippen molar-refractivity contribution in [2.75, 3.05) is 0 Å². The normalized spacial score (nSPS) is 10.0. The van der Waals surface area contributed by atoms with Crippen molar-refractivity contribution in [1.29, 1.82) is 5.41 Å². The predicted molar refractivity (Wildman–Crippen MR) is 65.2 cm³/mol. The van der Waals surface area contributed by atoms with Crippen LogP contribution >= 0.6 is 0 Å². The van der Waals surface area contributed by atoms with Gasteiger partial charge in [0, 0.05) is 6.21 Å². The van der Waals surface area contributed by atoms with Crippen LogP contribution in [0.4, 0.5) is 0 Å². The molecule has 2 nitrogen and oxygen atoms in total. The lowest BCUT2D eigenvalue weighted by molar-refractivity contribution is 0.474. The van der Waals surface area contributed by atoms with Gasteiger partial charge in [-0.3, -0.25) is 0 Å². The SMILES string of the molecule is N=Cc1cccc(Cc2cccc(O)c2)c1. The van der Waals surface area contributed by atoms with Gasteiger partial charge >= 0.3 is 0 Å². The molecule has 2 aromatic carbocycles. The van der Waals surface area contributed by atoms with Crippen LogP contribution in [-0.4, -0.2) is 11.3 Å². The van der Waals surface area contributed by atoms with Gasteiger partial charge in [-0.25, -0.2) is 0 Å². The largest absolute Gasteiger partial charge is 0.508 e. The first-order valence-corrected chi connectivity index (χ1v) is 5.15. The summed E-state index contributed by atoms with van der Waals surface area (Å²) in [6.45, 7) is 0. The maximum Gasteiger partial charge on any atom is 0.115 e. The molecule has 0 aliphatic heterocycles. The molecule has 80 valence electrons. The van der Waals surface area contributed by atoms with Crippen molar-refractivity contribution in [2.45, 2.75) is 6.42 Å². The Bertz CT molecular complexity index is 506. The third-order valence-corrected chi connectivity index (χ3v) is 2.44. The molecule has 0 spiro atoms. The monoisotopic (exact) mass is 211 g/mol. The Hall–Kier alpha value is -2.09. The molecule has 2 heteroatoms. The van der Waals surface area contributed by atoms with Crippen molar-refractivity contribution in [3.63, 3.8) is 0 Å². The second-order valence-electron chi connectivity index (χ2n) is 3.74. The van der Waals surface area contributed by atoms with Crippen molar-refractivity contribution in [3.8, 4) is 5.75 Å². The van der Waals surface area contributed by atoms with E-state index in [1.165, 1.54) is 6.21 Å². The zero-order valence-corrected chi connectivity index (χ0v) is 8.85. The van der Waals surface area contributed by atoms with Gasteiger partial charge in [0.15, 0.2) is 0 Å². The summed E-state index contributed by atoms with van der Waals surface area (Å²) in [4.78, 5) is 0. The quantitative estimate of drug-likeness (QED) is 0.753. The summed E-state index contributed by atoms with van der Waals surface area (Å²) < 4.78 is 0. The molecule has 0 amide bonds. The van der Waals surface area contributed by atoms with Gasteiger partial charge in [0.1, 0.15) is 5.75 Å². The number of benzene rings is 2. The van der Waals surface area contributed by atoms with Crippen molar-refractivity contribution in [2.24, 2.45) is 0 Å². The molecule has 0 aromatic heterocycles. The van der Waals surface area contributed by atoms with Crippen LogP contribution in [0, 0.1) is 5.41 Å². The van der Waals surface area contributed by atoms with Crippen LogP contribution < -0.4 is 0 Å². The lowest BCUT2D eigenvalue weighted by Crippen LogP contribution is -1.89. The molecule has 2 aromatic rings. The van der Waals surface area contributed by atoms with Crippen LogP contribution in [0.1, 0.15) is 16.7 Å². The van der Waals surface area contributed by atoms with E-state index in [0.717, 1.165) is 23.1 Å². The number of aromatic hydroxyl groups is 1.